The lowest BCUT2D eigenvalue weighted by molar-refractivity contribution is -0.131. The number of anilines is 2. The summed E-state index contributed by atoms with van der Waals surface area (Å²) in [7, 11) is 0. The Hall–Kier alpha value is -2.87. The van der Waals surface area contributed by atoms with Crippen LogP contribution in [0.4, 0.5) is 11.4 Å². The minimum Gasteiger partial charge on any atom is -0.478 e. The van der Waals surface area contributed by atoms with Gasteiger partial charge in [0.15, 0.2) is 6.10 Å². The molecular weight excluding hydrogens is 402 g/mol. The minimum atomic E-state index is -0.934. The van der Waals surface area contributed by atoms with Gasteiger partial charge in [0, 0.05) is 4.47 Å². The van der Waals surface area contributed by atoms with Crippen LogP contribution in [0.15, 0.2) is 53.0 Å². The van der Waals surface area contributed by atoms with E-state index in [-0.39, 0.29) is 18.9 Å². The molecule has 3 amide bonds. The van der Waals surface area contributed by atoms with Crippen molar-refractivity contribution in [1.82, 2.24) is 5.32 Å². The summed E-state index contributed by atoms with van der Waals surface area (Å²) < 4.78 is 6.29. The average molecular weight is 418 g/mol. The summed E-state index contributed by atoms with van der Waals surface area (Å²) in [6.07, 6.45) is -1.11. The van der Waals surface area contributed by atoms with Crippen LogP contribution in [-0.4, -0.2) is 30.4 Å². The number of amides is 3. The fourth-order valence-electron chi connectivity index (χ4n) is 2.40. The number of carbonyl (C=O) groups is 3. The molecule has 1 atom stereocenters. The van der Waals surface area contributed by atoms with Gasteiger partial charge in [0.2, 0.25) is 11.8 Å². The summed E-state index contributed by atoms with van der Waals surface area (Å²) in [5.74, 6) is -0.704. The Morgan fingerprint density at radius 1 is 1.08 bits per heavy atom. The Morgan fingerprint density at radius 3 is 2.62 bits per heavy atom. The maximum Gasteiger partial charge on any atom is 0.266 e. The van der Waals surface area contributed by atoms with Crippen molar-refractivity contribution in [2.45, 2.75) is 12.5 Å². The molecule has 0 aliphatic carbocycles. The third-order valence-electron chi connectivity index (χ3n) is 3.67. The van der Waals surface area contributed by atoms with Crippen LogP contribution in [0.1, 0.15) is 6.42 Å². The molecule has 7 nitrogen and oxygen atoms in total. The van der Waals surface area contributed by atoms with E-state index in [1.165, 1.54) is 0 Å². The van der Waals surface area contributed by atoms with Crippen molar-refractivity contribution in [2.24, 2.45) is 0 Å². The number of hydrogen-bond acceptors (Lipinski definition) is 4. The first-order valence-corrected chi connectivity index (χ1v) is 8.70. The number of halogens is 1. The van der Waals surface area contributed by atoms with E-state index in [1.807, 2.05) is 6.07 Å². The number of rotatable bonds is 5. The number of fused-ring (bicyclic) bond motifs is 1. The smallest absolute Gasteiger partial charge is 0.266 e. The first-order valence-electron chi connectivity index (χ1n) is 7.90. The topological polar surface area (TPSA) is 96.5 Å². The van der Waals surface area contributed by atoms with Crippen LogP contribution in [-0.2, 0) is 14.4 Å². The van der Waals surface area contributed by atoms with E-state index in [2.05, 4.69) is 31.9 Å². The summed E-state index contributed by atoms with van der Waals surface area (Å²) in [6, 6.07) is 14.1. The number of para-hydroxylation sites is 3. The van der Waals surface area contributed by atoms with E-state index >= 15 is 0 Å². The molecule has 0 saturated heterocycles. The van der Waals surface area contributed by atoms with Crippen molar-refractivity contribution >= 4 is 45.0 Å². The summed E-state index contributed by atoms with van der Waals surface area (Å²) in [4.78, 5) is 36.0. The zero-order chi connectivity index (χ0) is 18.5. The third kappa shape index (κ3) is 4.40. The Kier molecular flexibility index (Phi) is 5.52. The fourth-order valence-corrected chi connectivity index (χ4v) is 2.79. The van der Waals surface area contributed by atoms with Gasteiger partial charge in [-0.3, -0.25) is 14.4 Å². The van der Waals surface area contributed by atoms with Crippen molar-refractivity contribution < 1.29 is 19.1 Å². The standard InChI is InChI=1S/C18H16BrN3O4/c19-11-5-1-2-6-12(11)21-17(24)10-20-16(23)9-15-18(25)22-13-7-3-4-8-14(13)26-15/h1-8,15H,9-10H2,(H,20,23)(H,21,24)(H,22,25). The molecule has 0 saturated carbocycles. The Labute approximate surface area is 158 Å². The number of carbonyl (C=O) groups excluding carboxylic acids is 3. The SMILES string of the molecule is O=C(CC1Oc2ccccc2NC1=O)NCC(=O)Nc1ccccc1Br. The lowest BCUT2D eigenvalue weighted by Crippen LogP contribution is -2.42. The zero-order valence-corrected chi connectivity index (χ0v) is 15.2. The van der Waals surface area contributed by atoms with Gasteiger partial charge in [-0.15, -0.1) is 0 Å². The first kappa shape index (κ1) is 17.9. The molecule has 134 valence electrons. The van der Waals surface area contributed by atoms with Crippen LogP contribution in [0.5, 0.6) is 5.75 Å². The van der Waals surface area contributed by atoms with Crippen molar-refractivity contribution in [3.05, 3.63) is 53.0 Å². The van der Waals surface area contributed by atoms with E-state index in [4.69, 9.17) is 4.74 Å². The summed E-state index contributed by atoms with van der Waals surface area (Å²) >= 11 is 3.33. The van der Waals surface area contributed by atoms with Gasteiger partial charge in [0.05, 0.1) is 24.3 Å². The number of benzene rings is 2. The van der Waals surface area contributed by atoms with Crippen molar-refractivity contribution in [2.75, 3.05) is 17.2 Å². The number of nitrogens with one attached hydrogen (secondary N) is 3. The highest BCUT2D eigenvalue weighted by molar-refractivity contribution is 9.10. The highest BCUT2D eigenvalue weighted by atomic mass is 79.9. The molecule has 8 heteroatoms. The van der Waals surface area contributed by atoms with Crippen LogP contribution < -0.4 is 20.7 Å². The molecule has 1 aliphatic rings. The highest BCUT2D eigenvalue weighted by Crippen LogP contribution is 2.29. The second-order valence-electron chi connectivity index (χ2n) is 5.60. The quantitative estimate of drug-likeness (QED) is 0.695. The second-order valence-corrected chi connectivity index (χ2v) is 6.46. The van der Waals surface area contributed by atoms with E-state index < -0.39 is 17.9 Å². The molecule has 1 unspecified atom stereocenters. The largest absolute Gasteiger partial charge is 0.478 e. The van der Waals surface area contributed by atoms with Gasteiger partial charge in [-0.1, -0.05) is 24.3 Å². The van der Waals surface area contributed by atoms with E-state index in [1.54, 1.807) is 42.5 Å². The van der Waals surface area contributed by atoms with E-state index in [9.17, 15) is 14.4 Å². The second kappa shape index (κ2) is 8.01. The molecule has 2 aromatic rings. The molecule has 0 spiro atoms. The van der Waals surface area contributed by atoms with Crippen molar-refractivity contribution in [3.63, 3.8) is 0 Å². The predicted molar refractivity (Wildman–Crippen MR) is 99.9 cm³/mol. The third-order valence-corrected chi connectivity index (χ3v) is 4.36. The van der Waals surface area contributed by atoms with E-state index in [0.717, 1.165) is 4.47 Å². The van der Waals surface area contributed by atoms with Crippen LogP contribution in [0.3, 0.4) is 0 Å². The molecule has 0 radical (unpaired) electrons. The lowest BCUT2D eigenvalue weighted by atomic mass is 10.1. The number of hydrogen-bond donors (Lipinski definition) is 3. The van der Waals surface area contributed by atoms with Crippen LogP contribution in [0, 0.1) is 0 Å². The maximum absolute atomic E-state index is 12.0. The zero-order valence-electron chi connectivity index (χ0n) is 13.6. The van der Waals surface area contributed by atoms with E-state index in [0.29, 0.717) is 17.1 Å². The van der Waals surface area contributed by atoms with Crippen LogP contribution >= 0.6 is 15.9 Å². The molecule has 3 N–H and O–H groups in total. The van der Waals surface area contributed by atoms with Crippen molar-refractivity contribution in [1.29, 1.82) is 0 Å². The molecule has 1 heterocycles. The maximum atomic E-state index is 12.0. The summed E-state index contributed by atoms with van der Waals surface area (Å²) in [5, 5.41) is 7.86. The molecular formula is C18H16BrN3O4. The Morgan fingerprint density at radius 2 is 1.81 bits per heavy atom. The molecule has 2 aromatic carbocycles. The monoisotopic (exact) mass is 417 g/mol. The normalized spacial score (nSPS) is 15.3. The van der Waals surface area contributed by atoms with Gasteiger partial charge < -0.3 is 20.7 Å². The Bertz CT molecular complexity index is 856. The van der Waals surface area contributed by atoms with Crippen LogP contribution in [0.25, 0.3) is 0 Å². The first-order chi connectivity index (χ1) is 12.5. The summed E-state index contributed by atoms with van der Waals surface area (Å²) in [6.45, 7) is -0.203. The van der Waals surface area contributed by atoms with Gasteiger partial charge in [-0.05, 0) is 40.2 Å². The Balaban J connectivity index is 1.49. The van der Waals surface area contributed by atoms with Crippen molar-refractivity contribution in [3.8, 4) is 5.75 Å². The average Bonchev–Trinajstić information content (AvgIpc) is 2.62. The predicted octanol–water partition coefficient (Wildman–Crippen LogP) is 2.29. The van der Waals surface area contributed by atoms with Gasteiger partial charge >= 0.3 is 0 Å². The van der Waals surface area contributed by atoms with Gasteiger partial charge in [0.1, 0.15) is 5.75 Å². The lowest BCUT2D eigenvalue weighted by Gasteiger charge is -2.25. The molecule has 3 rings (SSSR count). The fraction of sp³-hybridized carbons (Fsp3) is 0.167. The molecule has 0 bridgehead atoms. The molecule has 1 aliphatic heterocycles. The van der Waals surface area contributed by atoms with Gasteiger partial charge in [-0.2, -0.15) is 0 Å². The summed E-state index contributed by atoms with van der Waals surface area (Å²) in [5.41, 5.74) is 1.18. The van der Waals surface area contributed by atoms with Gasteiger partial charge in [0.25, 0.3) is 5.91 Å². The number of ether oxygens (including phenoxy) is 1. The molecule has 0 aromatic heterocycles. The highest BCUT2D eigenvalue weighted by Gasteiger charge is 2.29. The van der Waals surface area contributed by atoms with Gasteiger partial charge in [-0.25, -0.2) is 0 Å². The molecule has 0 fully saturated rings. The molecule has 26 heavy (non-hydrogen) atoms. The van der Waals surface area contributed by atoms with Crippen LogP contribution in [0.2, 0.25) is 0 Å². The minimum absolute atomic E-state index is 0.178.